The summed E-state index contributed by atoms with van der Waals surface area (Å²) in [5, 5.41) is 9.94. The molecule has 0 aliphatic rings. The summed E-state index contributed by atoms with van der Waals surface area (Å²) in [7, 11) is -0.792. The molecule has 0 saturated heterocycles. The SMILES string of the molecule is CCC[SH](=O)(P)Nc1ccc(F)c(C(=O)Nc2cnc3[nH]cc(-c4ccn[nH]4)c3c2)c1F. The van der Waals surface area contributed by atoms with Crippen molar-refractivity contribution >= 4 is 46.5 Å². The number of carbonyl (C=O) groups excluding carboxylic acids is 1. The second-order valence-electron chi connectivity index (χ2n) is 7.16. The molecule has 1 unspecified atom stereocenters. The minimum atomic E-state index is -2.97. The predicted molar refractivity (Wildman–Crippen MR) is 126 cm³/mol. The molecule has 0 radical (unpaired) electrons. The number of benzene rings is 1. The van der Waals surface area contributed by atoms with Crippen LogP contribution in [0.1, 0.15) is 23.7 Å². The van der Waals surface area contributed by atoms with E-state index in [1.54, 1.807) is 24.5 Å². The van der Waals surface area contributed by atoms with Crippen molar-refractivity contribution in [2.24, 2.45) is 0 Å². The van der Waals surface area contributed by atoms with Gasteiger partial charge in [-0.1, -0.05) is 6.92 Å². The van der Waals surface area contributed by atoms with Crippen molar-refractivity contribution in [2.45, 2.75) is 13.3 Å². The van der Waals surface area contributed by atoms with Gasteiger partial charge in [-0.15, -0.1) is 0 Å². The van der Waals surface area contributed by atoms with Crippen LogP contribution >= 0.6 is 8.44 Å². The van der Waals surface area contributed by atoms with Gasteiger partial charge in [0.2, 0.25) is 0 Å². The number of pyridine rings is 1. The molecule has 1 atom stereocenters. The van der Waals surface area contributed by atoms with Gasteiger partial charge in [0.05, 0.1) is 23.3 Å². The molecule has 0 spiro atoms. The van der Waals surface area contributed by atoms with Gasteiger partial charge >= 0.3 is 0 Å². The third-order valence-electron chi connectivity index (χ3n) is 4.76. The lowest BCUT2D eigenvalue weighted by atomic mass is 10.1. The van der Waals surface area contributed by atoms with Crippen molar-refractivity contribution in [1.29, 1.82) is 0 Å². The topological polar surface area (TPSA) is 116 Å². The maximum Gasteiger partial charge on any atom is 0.261 e. The highest BCUT2D eigenvalue weighted by Gasteiger charge is 2.23. The molecule has 0 bridgehead atoms. The van der Waals surface area contributed by atoms with E-state index in [1.165, 1.54) is 6.20 Å². The first-order valence-corrected chi connectivity index (χ1v) is 13.2. The van der Waals surface area contributed by atoms with Gasteiger partial charge in [0.15, 0.2) is 5.82 Å². The number of hydrogen-bond donors (Lipinski definition) is 5. The van der Waals surface area contributed by atoms with Gasteiger partial charge in [-0.05, 0) is 48.9 Å². The fourth-order valence-electron chi connectivity index (χ4n) is 3.33. The molecule has 4 N–H and O–H groups in total. The van der Waals surface area contributed by atoms with Crippen LogP contribution in [0.15, 0.2) is 42.9 Å². The molecule has 8 nitrogen and oxygen atoms in total. The number of carbonyl (C=O) groups is 1. The van der Waals surface area contributed by atoms with E-state index in [-0.39, 0.29) is 11.4 Å². The molecule has 1 amide bonds. The maximum atomic E-state index is 15.0. The number of halogens is 2. The fraction of sp³-hybridized carbons (Fsp3) is 0.150. The summed E-state index contributed by atoms with van der Waals surface area (Å²) in [6.07, 6.45) is 5.33. The Hall–Kier alpha value is -3.17. The van der Waals surface area contributed by atoms with Crippen molar-refractivity contribution in [3.63, 3.8) is 0 Å². The third-order valence-corrected chi connectivity index (χ3v) is 7.66. The number of aromatic nitrogens is 4. The molecule has 3 aromatic heterocycles. The van der Waals surface area contributed by atoms with Crippen LogP contribution in [0.25, 0.3) is 22.3 Å². The Bertz CT molecular complexity index is 1340. The van der Waals surface area contributed by atoms with Crippen LogP contribution in [0, 0.1) is 11.6 Å². The number of rotatable bonds is 7. The average molecular weight is 478 g/mol. The van der Waals surface area contributed by atoms with Crippen LogP contribution in [-0.4, -0.2) is 36.0 Å². The van der Waals surface area contributed by atoms with Crippen LogP contribution in [0.4, 0.5) is 20.2 Å². The quantitative estimate of drug-likeness (QED) is 0.204. The van der Waals surface area contributed by atoms with Crippen LogP contribution in [-0.2, 0) is 9.74 Å². The van der Waals surface area contributed by atoms with Crippen LogP contribution in [0.3, 0.4) is 0 Å². The van der Waals surface area contributed by atoms with Crippen molar-refractivity contribution in [2.75, 3.05) is 15.8 Å². The first-order chi connectivity index (χ1) is 15.3. The molecule has 0 aliphatic heterocycles. The van der Waals surface area contributed by atoms with E-state index in [1.807, 2.05) is 6.92 Å². The minimum Gasteiger partial charge on any atom is -0.345 e. The first kappa shape index (κ1) is 22.0. The third kappa shape index (κ3) is 4.39. The Morgan fingerprint density at radius 2 is 2.09 bits per heavy atom. The highest BCUT2D eigenvalue weighted by molar-refractivity contribution is 8.46. The smallest absolute Gasteiger partial charge is 0.261 e. The van der Waals surface area contributed by atoms with E-state index >= 15 is 0 Å². The van der Waals surface area contributed by atoms with Gasteiger partial charge in [0.1, 0.15) is 17.0 Å². The molecule has 4 rings (SSSR count). The van der Waals surface area contributed by atoms with E-state index in [2.05, 4.69) is 38.6 Å². The second kappa shape index (κ2) is 8.76. The zero-order chi connectivity index (χ0) is 22.9. The van der Waals surface area contributed by atoms with E-state index in [9.17, 15) is 17.8 Å². The van der Waals surface area contributed by atoms with Crippen molar-refractivity contribution in [3.8, 4) is 11.3 Å². The number of aromatic amines is 2. The predicted octanol–water partition coefficient (Wildman–Crippen LogP) is 4.03. The standard InChI is InChI=1S/C20H21F2N6O2PS/c1-2-7-32(30,31)28-16-4-3-14(21)17(18(16)22)20(29)26-11-8-12-13(15-5-6-25-27-15)10-24-19(12)23-9-11/h3-6,8-10,32H,2,7,31H2,1H3,(H,23,24)(H,25,27)(H,26,29)(H,28,30). The summed E-state index contributed by atoms with van der Waals surface area (Å²) < 4.78 is 44.5. The van der Waals surface area contributed by atoms with E-state index in [4.69, 9.17) is 0 Å². The summed E-state index contributed by atoms with van der Waals surface area (Å²) in [5.74, 6) is -2.84. The zero-order valence-electron chi connectivity index (χ0n) is 16.9. The van der Waals surface area contributed by atoms with Crippen LogP contribution < -0.4 is 10.0 Å². The maximum absolute atomic E-state index is 15.0. The number of anilines is 2. The zero-order valence-corrected chi connectivity index (χ0v) is 19.0. The molecule has 3 heterocycles. The fourth-order valence-corrected chi connectivity index (χ4v) is 5.88. The number of fused-ring (bicyclic) bond motifs is 1. The lowest BCUT2D eigenvalue weighted by molar-refractivity contribution is 0.101. The number of nitrogens with zero attached hydrogens (tertiary/aromatic N) is 2. The highest BCUT2D eigenvalue weighted by atomic mass is 32.8. The number of amides is 1. The molecular formula is C20H21F2N6O2PS. The van der Waals surface area contributed by atoms with Gasteiger partial charge < -0.3 is 15.0 Å². The molecule has 32 heavy (non-hydrogen) atoms. The van der Waals surface area contributed by atoms with E-state index < -0.39 is 32.8 Å². The molecule has 0 aliphatic carbocycles. The summed E-state index contributed by atoms with van der Waals surface area (Å²) >= 11 is 0. The van der Waals surface area contributed by atoms with Gasteiger partial charge in [-0.25, -0.2) is 13.8 Å². The number of hydrogen-bond acceptors (Lipinski definition) is 4. The Labute approximate surface area is 185 Å². The average Bonchev–Trinajstić information content (AvgIpc) is 3.39. The van der Waals surface area contributed by atoms with Crippen LogP contribution in [0.5, 0.6) is 0 Å². The first-order valence-electron chi connectivity index (χ1n) is 9.71. The van der Waals surface area contributed by atoms with E-state index in [0.717, 1.165) is 23.4 Å². The monoisotopic (exact) mass is 478 g/mol. The molecule has 4 aromatic rings. The lowest BCUT2D eigenvalue weighted by Crippen LogP contribution is -2.21. The molecule has 0 fully saturated rings. The van der Waals surface area contributed by atoms with E-state index in [0.29, 0.717) is 23.2 Å². The van der Waals surface area contributed by atoms with Gasteiger partial charge in [-0.3, -0.25) is 14.1 Å². The molecule has 0 saturated carbocycles. The Balaban J connectivity index is 1.64. The minimum absolute atomic E-state index is 0.205. The summed E-state index contributed by atoms with van der Waals surface area (Å²) in [4.78, 5) is 20.0. The molecular weight excluding hydrogens is 457 g/mol. The summed E-state index contributed by atoms with van der Waals surface area (Å²) in [5.41, 5.74) is 1.36. The molecule has 1 aromatic carbocycles. The Kier molecular flexibility index (Phi) is 6.03. The summed E-state index contributed by atoms with van der Waals surface area (Å²) in [6.45, 7) is 1.84. The lowest BCUT2D eigenvalue weighted by Gasteiger charge is -2.22. The largest absolute Gasteiger partial charge is 0.345 e. The van der Waals surface area contributed by atoms with Gasteiger partial charge in [0.25, 0.3) is 5.91 Å². The van der Waals surface area contributed by atoms with Gasteiger partial charge in [-0.2, -0.15) is 5.10 Å². The number of nitrogens with one attached hydrogen (secondary N) is 4. The normalized spacial score (nSPS) is 12.1. The Morgan fingerprint density at radius 1 is 1.28 bits per heavy atom. The van der Waals surface area contributed by atoms with Crippen LogP contribution in [0.2, 0.25) is 0 Å². The summed E-state index contributed by atoms with van der Waals surface area (Å²) in [6, 6.07) is 5.50. The van der Waals surface area contributed by atoms with Gasteiger partial charge in [0, 0.05) is 29.1 Å². The van der Waals surface area contributed by atoms with Crippen molar-refractivity contribution in [3.05, 3.63) is 60.1 Å². The second-order valence-corrected chi connectivity index (χ2v) is 11.9. The van der Waals surface area contributed by atoms with Crippen molar-refractivity contribution < 1.29 is 17.8 Å². The van der Waals surface area contributed by atoms with Crippen molar-refractivity contribution in [1.82, 2.24) is 20.2 Å². The highest BCUT2D eigenvalue weighted by Crippen LogP contribution is 2.29. The molecule has 12 heteroatoms. The number of thiol groups is 1. The number of H-pyrrole nitrogens is 2. The molecule has 168 valence electrons. The Morgan fingerprint density at radius 3 is 2.81 bits per heavy atom.